The van der Waals surface area contributed by atoms with E-state index in [2.05, 4.69) is 15.1 Å². The van der Waals surface area contributed by atoms with Crippen LogP contribution in [0.4, 0.5) is 0 Å². The Hall–Kier alpha value is -4.27. The van der Waals surface area contributed by atoms with Crippen LogP contribution in [0, 0.1) is 0 Å². The zero-order valence-corrected chi connectivity index (χ0v) is 18.3. The molecule has 0 aliphatic carbocycles. The van der Waals surface area contributed by atoms with Gasteiger partial charge >= 0.3 is 5.97 Å². The van der Waals surface area contributed by atoms with E-state index < -0.39 is 11.9 Å². The molecule has 0 spiro atoms. The largest absolute Gasteiger partial charge is 0.497 e. The van der Waals surface area contributed by atoms with Crippen molar-refractivity contribution in [3.05, 3.63) is 77.6 Å². The van der Waals surface area contributed by atoms with Crippen molar-refractivity contribution in [1.82, 2.24) is 24.6 Å². The molecule has 0 unspecified atom stereocenters. The summed E-state index contributed by atoms with van der Waals surface area (Å²) in [6.07, 6.45) is 4.93. The van der Waals surface area contributed by atoms with Crippen LogP contribution in [0.15, 0.2) is 66.5 Å². The summed E-state index contributed by atoms with van der Waals surface area (Å²) in [4.78, 5) is 26.4. The lowest BCUT2D eigenvalue weighted by atomic mass is 9.83. The Bertz CT molecular complexity index is 1360. The van der Waals surface area contributed by atoms with Gasteiger partial charge in [-0.15, -0.1) is 5.10 Å². The van der Waals surface area contributed by atoms with Crippen molar-refractivity contribution in [2.75, 3.05) is 13.7 Å². The molecule has 0 bridgehead atoms. The van der Waals surface area contributed by atoms with Crippen molar-refractivity contribution in [2.24, 2.45) is 0 Å². The zero-order chi connectivity index (χ0) is 22.9. The topological polar surface area (TPSA) is 101 Å². The van der Waals surface area contributed by atoms with Crippen molar-refractivity contribution >= 4 is 11.6 Å². The van der Waals surface area contributed by atoms with Crippen LogP contribution in [0.25, 0.3) is 17.0 Å². The molecule has 9 heteroatoms. The number of methoxy groups -OCH3 is 1. The third kappa shape index (κ3) is 3.57. The number of aromatic nitrogens is 5. The molecular formula is C24H21N5O4. The molecule has 1 aromatic carbocycles. The number of allylic oxidation sites excluding steroid dienone is 1. The summed E-state index contributed by atoms with van der Waals surface area (Å²) in [7, 11) is 1.61. The Balaban J connectivity index is 1.74. The molecule has 0 saturated carbocycles. The maximum atomic E-state index is 13.0. The molecule has 0 N–H and O–H groups in total. The summed E-state index contributed by atoms with van der Waals surface area (Å²) in [5.41, 5.74) is 3.19. The molecule has 0 amide bonds. The van der Waals surface area contributed by atoms with Gasteiger partial charge in [0.25, 0.3) is 0 Å². The summed E-state index contributed by atoms with van der Waals surface area (Å²) < 4.78 is 18.3. The van der Waals surface area contributed by atoms with E-state index in [1.165, 1.54) is 0 Å². The number of esters is 1. The van der Waals surface area contributed by atoms with E-state index in [0.29, 0.717) is 40.0 Å². The predicted molar refractivity (Wildman–Crippen MR) is 119 cm³/mol. The minimum absolute atomic E-state index is 0.246. The normalized spacial score (nSPS) is 15.2. The van der Waals surface area contributed by atoms with E-state index in [-0.39, 0.29) is 6.61 Å². The SMILES string of the molecule is CCOC(=O)C1=C(C)Oc2ncn3nc(-c4cccnc4)nc3c2[C@H]1c1ccc(OC)cc1. The Kier molecular flexibility index (Phi) is 5.21. The van der Waals surface area contributed by atoms with Gasteiger partial charge in [0.2, 0.25) is 5.88 Å². The average molecular weight is 443 g/mol. The first-order valence-corrected chi connectivity index (χ1v) is 10.5. The molecule has 33 heavy (non-hydrogen) atoms. The quantitative estimate of drug-likeness (QED) is 0.432. The first-order valence-electron chi connectivity index (χ1n) is 10.5. The highest BCUT2D eigenvalue weighted by Crippen LogP contribution is 2.44. The minimum atomic E-state index is -0.513. The van der Waals surface area contributed by atoms with Crippen LogP contribution in [-0.4, -0.2) is 44.3 Å². The highest BCUT2D eigenvalue weighted by Gasteiger charge is 2.38. The molecule has 9 nitrogen and oxygen atoms in total. The van der Waals surface area contributed by atoms with Crippen LogP contribution >= 0.6 is 0 Å². The number of hydrogen-bond donors (Lipinski definition) is 0. The van der Waals surface area contributed by atoms with E-state index >= 15 is 0 Å². The first-order chi connectivity index (χ1) is 16.1. The van der Waals surface area contributed by atoms with Gasteiger partial charge in [-0.25, -0.2) is 19.3 Å². The fraction of sp³-hybridized carbons (Fsp3) is 0.208. The van der Waals surface area contributed by atoms with Crippen LogP contribution < -0.4 is 9.47 Å². The second-order valence-corrected chi connectivity index (χ2v) is 7.41. The smallest absolute Gasteiger partial charge is 0.338 e. The van der Waals surface area contributed by atoms with Crippen LogP contribution in [0.3, 0.4) is 0 Å². The van der Waals surface area contributed by atoms with Crippen molar-refractivity contribution in [2.45, 2.75) is 19.8 Å². The van der Waals surface area contributed by atoms with Crippen LogP contribution in [0.5, 0.6) is 11.6 Å². The van der Waals surface area contributed by atoms with Gasteiger partial charge in [0, 0.05) is 18.0 Å². The monoisotopic (exact) mass is 443 g/mol. The second-order valence-electron chi connectivity index (χ2n) is 7.41. The molecule has 4 heterocycles. The van der Waals surface area contributed by atoms with Crippen LogP contribution in [0.1, 0.15) is 30.9 Å². The number of pyridine rings is 1. The molecule has 5 rings (SSSR count). The summed E-state index contributed by atoms with van der Waals surface area (Å²) in [5, 5.41) is 4.57. The standard InChI is InChI=1S/C24H21N5O4/c1-4-32-24(30)18-14(2)33-23-20(19(18)15-7-9-17(31-3)10-8-15)22-27-21(28-29(22)13-26-23)16-6-5-11-25-12-16/h5-13,19H,4H2,1-3H3/t19-/m0/s1. The summed E-state index contributed by atoms with van der Waals surface area (Å²) in [6, 6.07) is 11.2. The van der Waals surface area contributed by atoms with Gasteiger partial charge in [-0.1, -0.05) is 12.1 Å². The number of carbonyl (C=O) groups is 1. The van der Waals surface area contributed by atoms with Crippen molar-refractivity contribution < 1.29 is 19.0 Å². The van der Waals surface area contributed by atoms with Crippen LogP contribution in [-0.2, 0) is 9.53 Å². The fourth-order valence-corrected chi connectivity index (χ4v) is 3.96. The van der Waals surface area contributed by atoms with Gasteiger partial charge in [0.05, 0.1) is 30.8 Å². The van der Waals surface area contributed by atoms with Crippen molar-refractivity contribution in [1.29, 1.82) is 0 Å². The molecule has 1 aliphatic heterocycles. The van der Waals surface area contributed by atoms with Gasteiger partial charge in [-0.2, -0.15) is 0 Å². The Morgan fingerprint density at radius 2 is 2.03 bits per heavy atom. The van der Waals surface area contributed by atoms with Crippen molar-refractivity contribution in [3.8, 4) is 23.0 Å². The van der Waals surface area contributed by atoms with E-state index in [1.807, 2.05) is 36.4 Å². The molecule has 0 fully saturated rings. The van der Waals surface area contributed by atoms with E-state index in [9.17, 15) is 4.79 Å². The maximum Gasteiger partial charge on any atom is 0.338 e. The van der Waals surface area contributed by atoms with Gasteiger partial charge in [0.15, 0.2) is 11.5 Å². The van der Waals surface area contributed by atoms with Gasteiger partial charge in [0.1, 0.15) is 17.8 Å². The predicted octanol–water partition coefficient (Wildman–Crippen LogP) is 3.56. The van der Waals surface area contributed by atoms with Gasteiger partial charge in [-0.05, 0) is 43.7 Å². The Morgan fingerprint density at radius 1 is 1.21 bits per heavy atom. The van der Waals surface area contributed by atoms with E-state index in [0.717, 1.165) is 11.1 Å². The number of nitrogens with zero attached hydrogens (tertiary/aromatic N) is 5. The van der Waals surface area contributed by atoms with E-state index in [1.54, 1.807) is 44.2 Å². The summed E-state index contributed by atoms with van der Waals surface area (Å²) in [6.45, 7) is 3.76. The molecule has 1 aliphatic rings. The lowest BCUT2D eigenvalue weighted by molar-refractivity contribution is -0.139. The number of ether oxygens (including phenoxy) is 3. The van der Waals surface area contributed by atoms with Crippen molar-refractivity contribution in [3.63, 3.8) is 0 Å². The first kappa shape index (κ1) is 20.6. The number of rotatable bonds is 5. The maximum absolute atomic E-state index is 13.0. The number of fused-ring (bicyclic) bond motifs is 3. The Morgan fingerprint density at radius 3 is 2.73 bits per heavy atom. The molecule has 166 valence electrons. The average Bonchev–Trinajstić information content (AvgIpc) is 3.28. The number of carbonyl (C=O) groups excluding carboxylic acids is 1. The third-order valence-electron chi connectivity index (χ3n) is 5.46. The third-order valence-corrected chi connectivity index (χ3v) is 5.46. The van der Waals surface area contributed by atoms with E-state index in [4.69, 9.17) is 19.2 Å². The minimum Gasteiger partial charge on any atom is -0.497 e. The molecule has 0 saturated heterocycles. The fourth-order valence-electron chi connectivity index (χ4n) is 3.96. The number of hydrogen-bond acceptors (Lipinski definition) is 8. The highest BCUT2D eigenvalue weighted by atomic mass is 16.5. The second kappa shape index (κ2) is 8.34. The summed E-state index contributed by atoms with van der Waals surface area (Å²) in [5.74, 6) is 1.05. The molecule has 0 radical (unpaired) electrons. The number of benzene rings is 1. The van der Waals surface area contributed by atoms with Gasteiger partial charge < -0.3 is 14.2 Å². The molecule has 4 aromatic rings. The van der Waals surface area contributed by atoms with Gasteiger partial charge in [-0.3, -0.25) is 4.98 Å². The summed E-state index contributed by atoms with van der Waals surface area (Å²) >= 11 is 0. The lowest BCUT2D eigenvalue weighted by Gasteiger charge is -2.28. The lowest BCUT2D eigenvalue weighted by Crippen LogP contribution is -2.24. The molecular weight excluding hydrogens is 422 g/mol. The highest BCUT2D eigenvalue weighted by molar-refractivity contribution is 5.93. The van der Waals surface area contributed by atoms with Crippen LogP contribution in [0.2, 0.25) is 0 Å². The molecule has 3 aromatic heterocycles. The molecule has 1 atom stereocenters. The Labute approximate surface area is 189 Å². The zero-order valence-electron chi connectivity index (χ0n) is 18.3.